The first kappa shape index (κ1) is 22.8. The molecular formula is C15H23F3IN3O2. The number of alkyl halides is 3. The van der Waals surface area contributed by atoms with Crippen molar-refractivity contribution in [3.8, 4) is 5.75 Å². The lowest BCUT2D eigenvalue weighted by atomic mass is 10.1. The van der Waals surface area contributed by atoms with Crippen molar-refractivity contribution in [3.63, 3.8) is 0 Å². The number of aliphatic hydroxyl groups excluding tert-OH is 1. The number of guanidine groups is 1. The third-order valence-electron chi connectivity index (χ3n) is 2.77. The highest BCUT2D eigenvalue weighted by atomic mass is 127. The number of hydrogen-bond acceptors (Lipinski definition) is 3. The van der Waals surface area contributed by atoms with Gasteiger partial charge in [-0.3, -0.25) is 0 Å². The Balaban J connectivity index is 0.00000529. The molecule has 0 aliphatic rings. The van der Waals surface area contributed by atoms with Crippen molar-refractivity contribution < 1.29 is 23.0 Å². The first-order chi connectivity index (χ1) is 10.9. The third-order valence-corrected chi connectivity index (χ3v) is 2.77. The van der Waals surface area contributed by atoms with Crippen molar-refractivity contribution in [2.45, 2.75) is 26.6 Å². The molecule has 0 atom stereocenters. The van der Waals surface area contributed by atoms with Crippen molar-refractivity contribution >= 4 is 29.9 Å². The largest absolute Gasteiger partial charge is 0.484 e. The maximum Gasteiger partial charge on any atom is 0.422 e. The van der Waals surface area contributed by atoms with Gasteiger partial charge in [0.05, 0.1) is 13.2 Å². The Morgan fingerprint density at radius 2 is 2.00 bits per heavy atom. The molecule has 1 rings (SSSR count). The van der Waals surface area contributed by atoms with E-state index in [1.807, 2.05) is 6.92 Å². The van der Waals surface area contributed by atoms with E-state index >= 15 is 0 Å². The van der Waals surface area contributed by atoms with E-state index in [9.17, 15) is 13.2 Å². The molecule has 9 heteroatoms. The molecule has 0 spiro atoms. The lowest BCUT2D eigenvalue weighted by molar-refractivity contribution is -0.153. The molecule has 0 unspecified atom stereocenters. The van der Waals surface area contributed by atoms with E-state index in [0.29, 0.717) is 24.6 Å². The molecule has 0 fully saturated rings. The van der Waals surface area contributed by atoms with Crippen LogP contribution >= 0.6 is 24.0 Å². The van der Waals surface area contributed by atoms with Gasteiger partial charge in [-0.15, -0.1) is 24.0 Å². The second kappa shape index (κ2) is 11.3. The summed E-state index contributed by atoms with van der Waals surface area (Å²) >= 11 is 0. The molecule has 0 amide bonds. The van der Waals surface area contributed by atoms with Crippen LogP contribution in [0, 0.1) is 6.92 Å². The van der Waals surface area contributed by atoms with Crippen LogP contribution < -0.4 is 15.4 Å². The van der Waals surface area contributed by atoms with Crippen LogP contribution in [-0.2, 0) is 6.54 Å². The van der Waals surface area contributed by atoms with E-state index in [-0.39, 0.29) is 42.9 Å². The Labute approximate surface area is 156 Å². The van der Waals surface area contributed by atoms with E-state index in [2.05, 4.69) is 15.6 Å². The molecule has 0 radical (unpaired) electrons. The van der Waals surface area contributed by atoms with Gasteiger partial charge in [0.2, 0.25) is 0 Å². The Kier molecular flexibility index (Phi) is 10.8. The lowest BCUT2D eigenvalue weighted by Gasteiger charge is -2.14. The van der Waals surface area contributed by atoms with E-state index in [0.717, 1.165) is 5.56 Å². The van der Waals surface area contributed by atoms with Crippen molar-refractivity contribution in [3.05, 3.63) is 29.3 Å². The summed E-state index contributed by atoms with van der Waals surface area (Å²) in [5.41, 5.74) is 1.36. The number of halogens is 4. The van der Waals surface area contributed by atoms with Gasteiger partial charge in [0.15, 0.2) is 12.6 Å². The minimum absolute atomic E-state index is 0. The molecule has 0 aliphatic carbocycles. The number of ether oxygens (including phenoxy) is 1. The van der Waals surface area contributed by atoms with Crippen LogP contribution in [0.25, 0.3) is 0 Å². The highest BCUT2D eigenvalue weighted by Crippen LogP contribution is 2.24. The first-order valence-electron chi connectivity index (χ1n) is 7.28. The van der Waals surface area contributed by atoms with Crippen LogP contribution in [0.15, 0.2) is 23.2 Å². The number of nitrogens with one attached hydrogen (secondary N) is 2. The van der Waals surface area contributed by atoms with Gasteiger partial charge in [0.25, 0.3) is 0 Å². The minimum Gasteiger partial charge on any atom is -0.484 e. The molecule has 0 saturated heterocycles. The van der Waals surface area contributed by atoms with Gasteiger partial charge in [-0.1, -0.05) is 12.1 Å². The van der Waals surface area contributed by atoms with Crippen LogP contribution in [-0.4, -0.2) is 43.5 Å². The Hall–Kier alpha value is -1.23. The summed E-state index contributed by atoms with van der Waals surface area (Å²) in [6.45, 7) is 3.40. The van der Waals surface area contributed by atoms with Crippen molar-refractivity contribution in [2.75, 3.05) is 26.3 Å². The summed E-state index contributed by atoms with van der Waals surface area (Å²) in [7, 11) is 0. The number of aryl methyl sites for hydroxylation is 1. The molecule has 24 heavy (non-hydrogen) atoms. The predicted octanol–water partition coefficient (Wildman–Crippen LogP) is 2.60. The van der Waals surface area contributed by atoms with Crippen LogP contribution in [0.1, 0.15) is 18.1 Å². The van der Waals surface area contributed by atoms with Crippen LogP contribution in [0.4, 0.5) is 13.2 Å². The van der Waals surface area contributed by atoms with Crippen molar-refractivity contribution in [1.29, 1.82) is 0 Å². The van der Waals surface area contributed by atoms with Gasteiger partial charge in [0, 0.05) is 18.7 Å². The Morgan fingerprint density at radius 1 is 1.29 bits per heavy atom. The molecule has 1 aromatic rings. The standard InChI is InChI=1S/C15H22F3N3O2.HI/c1-3-19-14(20-6-7-22)21-9-12-5-4-11(2)8-13(12)23-10-15(16,17)18;/h4-5,8,22H,3,6-7,9-10H2,1-2H3,(H2,19,20,21);1H. The fraction of sp³-hybridized carbons (Fsp3) is 0.533. The van der Waals surface area contributed by atoms with Crippen LogP contribution in [0.3, 0.4) is 0 Å². The fourth-order valence-corrected chi connectivity index (χ4v) is 1.77. The highest BCUT2D eigenvalue weighted by molar-refractivity contribution is 14.0. The Bertz CT molecular complexity index is 525. The monoisotopic (exact) mass is 461 g/mol. The smallest absolute Gasteiger partial charge is 0.422 e. The van der Waals surface area contributed by atoms with E-state index in [4.69, 9.17) is 9.84 Å². The summed E-state index contributed by atoms with van der Waals surface area (Å²) in [5, 5.41) is 14.7. The number of benzene rings is 1. The average molecular weight is 461 g/mol. The molecule has 1 aromatic carbocycles. The van der Waals surface area contributed by atoms with Crippen molar-refractivity contribution in [1.82, 2.24) is 10.6 Å². The number of hydrogen-bond donors (Lipinski definition) is 3. The molecule has 138 valence electrons. The second-order valence-corrected chi connectivity index (χ2v) is 4.86. The van der Waals surface area contributed by atoms with Gasteiger partial charge in [0.1, 0.15) is 5.75 Å². The molecule has 0 aliphatic heterocycles. The molecule has 0 saturated carbocycles. The molecule has 5 nitrogen and oxygen atoms in total. The van der Waals surface area contributed by atoms with E-state index < -0.39 is 12.8 Å². The number of rotatable bonds is 7. The van der Waals surface area contributed by atoms with Gasteiger partial charge in [-0.05, 0) is 25.5 Å². The third kappa shape index (κ3) is 9.16. The summed E-state index contributed by atoms with van der Waals surface area (Å²) < 4.78 is 41.9. The zero-order valence-electron chi connectivity index (χ0n) is 13.6. The van der Waals surface area contributed by atoms with Crippen LogP contribution in [0.5, 0.6) is 5.75 Å². The summed E-state index contributed by atoms with van der Waals surface area (Å²) in [5.74, 6) is 0.646. The highest BCUT2D eigenvalue weighted by Gasteiger charge is 2.28. The number of aliphatic imine (C=N–C) groups is 1. The van der Waals surface area contributed by atoms with Crippen molar-refractivity contribution in [2.24, 2.45) is 4.99 Å². The van der Waals surface area contributed by atoms with Gasteiger partial charge >= 0.3 is 6.18 Å². The predicted molar refractivity (Wildman–Crippen MR) is 98.0 cm³/mol. The quantitative estimate of drug-likeness (QED) is 0.332. The first-order valence-corrected chi connectivity index (χ1v) is 7.28. The topological polar surface area (TPSA) is 65.9 Å². The maximum absolute atomic E-state index is 12.3. The normalized spacial score (nSPS) is 11.7. The number of nitrogens with zero attached hydrogens (tertiary/aromatic N) is 1. The molecule has 0 aromatic heterocycles. The van der Waals surface area contributed by atoms with E-state index in [1.54, 1.807) is 25.1 Å². The summed E-state index contributed by atoms with van der Waals surface area (Å²) in [6, 6.07) is 5.05. The SMILES string of the molecule is CCNC(=NCc1ccc(C)cc1OCC(F)(F)F)NCCO.I. The Morgan fingerprint density at radius 3 is 2.58 bits per heavy atom. The average Bonchev–Trinajstić information content (AvgIpc) is 2.48. The zero-order valence-corrected chi connectivity index (χ0v) is 15.9. The minimum atomic E-state index is -4.39. The second-order valence-electron chi connectivity index (χ2n) is 4.86. The summed E-state index contributed by atoms with van der Waals surface area (Å²) in [6.07, 6.45) is -4.39. The van der Waals surface area contributed by atoms with Gasteiger partial charge in [-0.2, -0.15) is 13.2 Å². The van der Waals surface area contributed by atoms with Crippen LogP contribution in [0.2, 0.25) is 0 Å². The molecular weight excluding hydrogens is 438 g/mol. The van der Waals surface area contributed by atoms with E-state index in [1.165, 1.54) is 0 Å². The molecule has 3 N–H and O–H groups in total. The lowest BCUT2D eigenvalue weighted by Crippen LogP contribution is -2.38. The molecule has 0 bridgehead atoms. The van der Waals surface area contributed by atoms with Gasteiger partial charge < -0.3 is 20.5 Å². The summed E-state index contributed by atoms with van der Waals surface area (Å²) in [4.78, 5) is 4.28. The maximum atomic E-state index is 12.3. The fourth-order valence-electron chi connectivity index (χ4n) is 1.77. The van der Waals surface area contributed by atoms with Gasteiger partial charge in [-0.25, -0.2) is 4.99 Å². The molecule has 0 heterocycles. The zero-order chi connectivity index (χ0) is 17.3. The number of aliphatic hydroxyl groups is 1.